The van der Waals surface area contributed by atoms with Crippen LogP contribution in [0.2, 0.25) is 0 Å². The van der Waals surface area contributed by atoms with Crippen LogP contribution in [0.5, 0.6) is 0 Å². The maximum absolute atomic E-state index is 8.94. The summed E-state index contributed by atoms with van der Waals surface area (Å²) in [5.41, 5.74) is 2.90. The molecule has 0 radical (unpaired) electrons. The molecule has 1 aromatic rings. The molecule has 21 heavy (non-hydrogen) atoms. The predicted molar refractivity (Wildman–Crippen MR) is 90.1 cm³/mol. The summed E-state index contributed by atoms with van der Waals surface area (Å²) >= 11 is 0. The van der Waals surface area contributed by atoms with E-state index in [1.165, 1.54) is 11.3 Å². The van der Waals surface area contributed by atoms with Crippen LogP contribution in [-0.2, 0) is 0 Å². The lowest BCUT2D eigenvalue weighted by atomic mass is 9.89. The van der Waals surface area contributed by atoms with E-state index in [0.717, 1.165) is 39.1 Å². The third-order valence-corrected chi connectivity index (χ3v) is 4.77. The Hall–Kier alpha value is -1.06. The van der Waals surface area contributed by atoms with Crippen molar-refractivity contribution in [2.24, 2.45) is 5.92 Å². The average molecular weight is 290 g/mol. The molecule has 0 unspecified atom stereocenters. The Labute approximate surface area is 129 Å². The van der Waals surface area contributed by atoms with Gasteiger partial charge in [-0.1, -0.05) is 39.0 Å². The van der Waals surface area contributed by atoms with Crippen LogP contribution in [0.3, 0.4) is 0 Å². The fourth-order valence-electron chi connectivity index (χ4n) is 3.03. The molecule has 1 aliphatic rings. The van der Waals surface area contributed by atoms with Gasteiger partial charge in [-0.15, -0.1) is 0 Å². The molecule has 0 aliphatic carbocycles. The Balaban J connectivity index is 2.03. The van der Waals surface area contributed by atoms with Gasteiger partial charge in [0.25, 0.3) is 0 Å². The summed E-state index contributed by atoms with van der Waals surface area (Å²) in [6, 6.07) is 8.88. The van der Waals surface area contributed by atoms with Crippen molar-refractivity contribution < 1.29 is 5.11 Å². The number of aliphatic hydroxyl groups excluding tert-OH is 1. The van der Waals surface area contributed by atoms with E-state index in [2.05, 4.69) is 54.8 Å². The molecule has 1 saturated heterocycles. The fourth-order valence-corrected chi connectivity index (χ4v) is 3.03. The maximum Gasteiger partial charge on any atom is 0.0443 e. The van der Waals surface area contributed by atoms with Crippen LogP contribution in [0.25, 0.3) is 0 Å². The smallest absolute Gasteiger partial charge is 0.0443 e. The third-order valence-electron chi connectivity index (χ3n) is 4.77. The molecule has 0 amide bonds. The normalized spacial score (nSPS) is 18.2. The molecule has 0 saturated carbocycles. The molecule has 1 N–H and O–H groups in total. The van der Waals surface area contributed by atoms with Crippen molar-refractivity contribution in [2.45, 2.75) is 33.1 Å². The van der Waals surface area contributed by atoms with Gasteiger partial charge in [0.15, 0.2) is 0 Å². The van der Waals surface area contributed by atoms with Gasteiger partial charge in [-0.3, -0.25) is 4.90 Å². The minimum absolute atomic E-state index is 0.301. The Bertz CT molecular complexity index is 425. The number of aliphatic hydroxyl groups is 1. The highest BCUT2D eigenvalue weighted by molar-refractivity contribution is 5.55. The molecule has 118 valence electrons. The van der Waals surface area contributed by atoms with Crippen molar-refractivity contribution in [1.29, 1.82) is 0 Å². The van der Waals surface area contributed by atoms with Crippen LogP contribution in [0.15, 0.2) is 24.3 Å². The van der Waals surface area contributed by atoms with Crippen molar-refractivity contribution in [2.75, 3.05) is 44.2 Å². The highest BCUT2D eigenvalue weighted by Gasteiger charge is 2.21. The van der Waals surface area contributed by atoms with Gasteiger partial charge in [-0.2, -0.15) is 0 Å². The zero-order chi connectivity index (χ0) is 15.2. The van der Waals surface area contributed by atoms with Gasteiger partial charge in [0, 0.05) is 45.0 Å². The maximum atomic E-state index is 8.94. The van der Waals surface area contributed by atoms with E-state index in [1.54, 1.807) is 0 Å². The monoisotopic (exact) mass is 290 g/mol. The zero-order valence-electron chi connectivity index (χ0n) is 13.8. The van der Waals surface area contributed by atoms with Crippen LogP contribution in [0.1, 0.15) is 38.7 Å². The van der Waals surface area contributed by atoms with E-state index in [1.807, 2.05) is 0 Å². The summed E-state index contributed by atoms with van der Waals surface area (Å²) in [4.78, 5) is 4.99. The number of nitrogens with zero attached hydrogens (tertiary/aromatic N) is 2. The molecule has 0 spiro atoms. The lowest BCUT2D eigenvalue weighted by molar-refractivity contribution is 0.216. The van der Waals surface area contributed by atoms with Crippen molar-refractivity contribution in [3.8, 4) is 0 Å². The Morgan fingerprint density at radius 3 is 2.33 bits per heavy atom. The van der Waals surface area contributed by atoms with E-state index in [9.17, 15) is 0 Å². The van der Waals surface area contributed by atoms with Gasteiger partial charge in [0.05, 0.1) is 0 Å². The molecule has 0 bridgehead atoms. The number of hydrogen-bond donors (Lipinski definition) is 1. The summed E-state index contributed by atoms with van der Waals surface area (Å²) < 4.78 is 0. The van der Waals surface area contributed by atoms with E-state index in [0.29, 0.717) is 18.4 Å². The largest absolute Gasteiger partial charge is 0.396 e. The molecule has 1 aromatic carbocycles. The molecule has 0 aromatic heterocycles. The zero-order valence-corrected chi connectivity index (χ0v) is 13.8. The van der Waals surface area contributed by atoms with Crippen molar-refractivity contribution in [1.82, 2.24) is 4.90 Å². The number of para-hydroxylation sites is 1. The van der Waals surface area contributed by atoms with Gasteiger partial charge in [0.1, 0.15) is 0 Å². The summed E-state index contributed by atoms with van der Waals surface area (Å²) in [6.07, 6.45) is 0.890. The lowest BCUT2D eigenvalue weighted by Gasteiger charge is -2.38. The highest BCUT2D eigenvalue weighted by Crippen LogP contribution is 2.32. The molecular weight excluding hydrogens is 260 g/mol. The standard InChI is InChI=1S/C18H30N2O/c1-15(2)16(3)17-7-4-5-8-18(17)20-12-10-19(11-13-20)9-6-14-21/h4-5,7-8,15-16,21H,6,9-14H2,1-3H3/t16-/m1/s1. The molecule has 3 nitrogen and oxygen atoms in total. The number of rotatable bonds is 6. The summed E-state index contributed by atoms with van der Waals surface area (Å²) in [5.74, 6) is 1.26. The second-order valence-electron chi connectivity index (χ2n) is 6.50. The predicted octanol–water partition coefficient (Wildman–Crippen LogP) is 2.95. The summed E-state index contributed by atoms with van der Waals surface area (Å²) in [6.45, 7) is 12.6. The summed E-state index contributed by atoms with van der Waals surface area (Å²) in [5, 5.41) is 8.94. The first kappa shape index (κ1) is 16.3. The molecule has 1 atom stereocenters. The highest BCUT2D eigenvalue weighted by atomic mass is 16.3. The summed E-state index contributed by atoms with van der Waals surface area (Å²) in [7, 11) is 0. The van der Waals surface area contributed by atoms with E-state index in [-0.39, 0.29) is 0 Å². The topological polar surface area (TPSA) is 26.7 Å². The minimum Gasteiger partial charge on any atom is -0.396 e. The Morgan fingerprint density at radius 2 is 1.71 bits per heavy atom. The van der Waals surface area contributed by atoms with Crippen molar-refractivity contribution >= 4 is 5.69 Å². The number of piperazine rings is 1. The van der Waals surface area contributed by atoms with Crippen LogP contribution in [0, 0.1) is 5.92 Å². The first-order chi connectivity index (χ1) is 10.1. The van der Waals surface area contributed by atoms with Gasteiger partial charge >= 0.3 is 0 Å². The first-order valence-corrected chi connectivity index (χ1v) is 8.30. The van der Waals surface area contributed by atoms with Crippen LogP contribution < -0.4 is 4.90 Å². The van der Waals surface area contributed by atoms with Crippen LogP contribution >= 0.6 is 0 Å². The molecule has 2 rings (SSSR count). The van der Waals surface area contributed by atoms with E-state index >= 15 is 0 Å². The molecule has 3 heteroatoms. The Morgan fingerprint density at radius 1 is 1.05 bits per heavy atom. The molecular formula is C18H30N2O. The number of anilines is 1. The van der Waals surface area contributed by atoms with Gasteiger partial charge < -0.3 is 10.0 Å². The van der Waals surface area contributed by atoms with Gasteiger partial charge in [-0.05, 0) is 29.9 Å². The van der Waals surface area contributed by atoms with Gasteiger partial charge in [0.2, 0.25) is 0 Å². The Kier molecular flexibility index (Phi) is 6.07. The quantitative estimate of drug-likeness (QED) is 0.872. The molecule has 1 heterocycles. The van der Waals surface area contributed by atoms with Crippen molar-refractivity contribution in [3.63, 3.8) is 0 Å². The SMILES string of the molecule is CC(C)[C@@H](C)c1ccccc1N1CCN(CCCO)CC1. The second kappa shape index (κ2) is 7.81. The van der Waals surface area contributed by atoms with Crippen LogP contribution in [-0.4, -0.2) is 49.3 Å². The van der Waals surface area contributed by atoms with E-state index < -0.39 is 0 Å². The number of hydrogen-bond acceptors (Lipinski definition) is 3. The first-order valence-electron chi connectivity index (χ1n) is 8.30. The van der Waals surface area contributed by atoms with Gasteiger partial charge in [-0.25, -0.2) is 0 Å². The van der Waals surface area contributed by atoms with E-state index in [4.69, 9.17) is 5.11 Å². The average Bonchev–Trinajstić information content (AvgIpc) is 2.52. The van der Waals surface area contributed by atoms with Crippen LogP contribution in [0.4, 0.5) is 5.69 Å². The second-order valence-corrected chi connectivity index (χ2v) is 6.50. The minimum atomic E-state index is 0.301. The molecule has 1 aliphatic heterocycles. The van der Waals surface area contributed by atoms with Crippen molar-refractivity contribution in [3.05, 3.63) is 29.8 Å². The number of benzene rings is 1. The molecule has 1 fully saturated rings. The third kappa shape index (κ3) is 4.21. The lowest BCUT2D eigenvalue weighted by Crippen LogP contribution is -2.47. The fraction of sp³-hybridized carbons (Fsp3) is 0.667.